The Morgan fingerprint density at radius 1 is 1.09 bits per heavy atom. The molecule has 10 heteroatoms. The van der Waals surface area contributed by atoms with Gasteiger partial charge in [0.15, 0.2) is 0 Å². The molecule has 1 aliphatic rings. The fraction of sp³-hybridized carbons (Fsp3) is 0.273. The number of hydrogen-bond acceptors (Lipinski definition) is 7. The summed E-state index contributed by atoms with van der Waals surface area (Å²) in [6.07, 6.45) is 1.54. The predicted molar refractivity (Wildman–Crippen MR) is 117 cm³/mol. The lowest BCUT2D eigenvalue weighted by Crippen LogP contribution is -2.30. The summed E-state index contributed by atoms with van der Waals surface area (Å²) in [4.78, 5) is 27.5. The van der Waals surface area contributed by atoms with Crippen molar-refractivity contribution < 1.29 is 23.5 Å². The van der Waals surface area contributed by atoms with Gasteiger partial charge in [-0.25, -0.2) is 4.39 Å². The third kappa shape index (κ3) is 4.54. The molecule has 0 aliphatic carbocycles. The highest BCUT2D eigenvalue weighted by molar-refractivity contribution is 7.13. The number of amides is 2. The Hall–Kier alpha value is -3.53. The maximum Gasteiger partial charge on any atom is 0.286 e. The lowest BCUT2D eigenvalue weighted by atomic mass is 10.1. The maximum atomic E-state index is 13.2. The van der Waals surface area contributed by atoms with Crippen LogP contribution in [0.3, 0.4) is 0 Å². The summed E-state index contributed by atoms with van der Waals surface area (Å²) < 4.78 is 23.6. The molecule has 1 N–H and O–H groups in total. The van der Waals surface area contributed by atoms with E-state index in [1.807, 2.05) is 0 Å². The van der Waals surface area contributed by atoms with Crippen LogP contribution in [0.1, 0.15) is 44.1 Å². The number of likely N-dealkylation sites (tertiary alicyclic amines) is 1. The van der Waals surface area contributed by atoms with Gasteiger partial charge in [0.1, 0.15) is 22.3 Å². The Morgan fingerprint density at radius 3 is 2.44 bits per heavy atom. The first-order chi connectivity index (χ1) is 15.5. The van der Waals surface area contributed by atoms with E-state index < -0.39 is 5.91 Å². The lowest BCUT2D eigenvalue weighted by molar-refractivity contribution is 0.0734. The highest BCUT2D eigenvalue weighted by Crippen LogP contribution is 2.35. The van der Waals surface area contributed by atoms with Crippen LogP contribution < -0.4 is 14.8 Å². The number of hydrogen-bond donors (Lipinski definition) is 1. The van der Waals surface area contributed by atoms with Crippen molar-refractivity contribution in [2.24, 2.45) is 0 Å². The number of benzene rings is 2. The molecule has 166 valence electrons. The molecular formula is C22H21FN4O4S. The van der Waals surface area contributed by atoms with E-state index >= 15 is 0 Å². The molecule has 1 atom stereocenters. The zero-order valence-corrected chi connectivity index (χ0v) is 18.3. The van der Waals surface area contributed by atoms with Gasteiger partial charge in [0, 0.05) is 23.9 Å². The van der Waals surface area contributed by atoms with Gasteiger partial charge in [-0.2, -0.15) is 0 Å². The van der Waals surface area contributed by atoms with E-state index in [2.05, 4.69) is 15.5 Å². The number of ether oxygens (including phenoxy) is 2. The van der Waals surface area contributed by atoms with Gasteiger partial charge in [-0.15, -0.1) is 10.2 Å². The van der Waals surface area contributed by atoms with E-state index in [1.54, 1.807) is 23.1 Å². The second-order valence-corrected chi connectivity index (χ2v) is 8.17. The molecular weight excluding hydrogens is 435 g/mol. The van der Waals surface area contributed by atoms with Crippen LogP contribution in [0.5, 0.6) is 11.5 Å². The van der Waals surface area contributed by atoms with Crippen molar-refractivity contribution in [1.29, 1.82) is 0 Å². The van der Waals surface area contributed by atoms with Gasteiger partial charge in [-0.1, -0.05) is 11.3 Å². The van der Waals surface area contributed by atoms with Crippen LogP contribution in [0.25, 0.3) is 0 Å². The van der Waals surface area contributed by atoms with E-state index in [9.17, 15) is 14.0 Å². The molecule has 1 aromatic heterocycles. The normalized spacial score (nSPS) is 15.5. The minimum Gasteiger partial charge on any atom is -0.497 e. The first-order valence-corrected chi connectivity index (χ1v) is 10.7. The second kappa shape index (κ2) is 9.31. The standard InChI is InChI=1S/C22H21FN4O4S/c1-30-16-10-13(11-17(12-16)31-2)22(29)27-9-3-4-18(27)20-25-26-21(32-20)19(28)24-15-7-5-14(23)6-8-15/h5-8,10-12,18H,3-4,9H2,1-2H3,(H,24,28)/t18-/m0/s1. The van der Waals surface area contributed by atoms with E-state index in [4.69, 9.17) is 9.47 Å². The molecule has 0 spiro atoms. The van der Waals surface area contributed by atoms with Gasteiger partial charge in [0.05, 0.1) is 20.3 Å². The van der Waals surface area contributed by atoms with Crippen LogP contribution in [0.15, 0.2) is 42.5 Å². The highest BCUT2D eigenvalue weighted by Gasteiger charge is 2.34. The van der Waals surface area contributed by atoms with Crippen molar-refractivity contribution in [1.82, 2.24) is 15.1 Å². The summed E-state index contributed by atoms with van der Waals surface area (Å²) in [6.45, 7) is 0.569. The number of carbonyl (C=O) groups is 2. The van der Waals surface area contributed by atoms with Crippen LogP contribution in [0.2, 0.25) is 0 Å². The van der Waals surface area contributed by atoms with E-state index in [-0.39, 0.29) is 22.8 Å². The molecule has 0 saturated carbocycles. The van der Waals surface area contributed by atoms with Crippen molar-refractivity contribution in [2.75, 3.05) is 26.1 Å². The van der Waals surface area contributed by atoms with Crippen molar-refractivity contribution in [3.63, 3.8) is 0 Å². The van der Waals surface area contributed by atoms with Crippen LogP contribution in [-0.2, 0) is 0 Å². The lowest BCUT2D eigenvalue weighted by Gasteiger charge is -2.23. The summed E-state index contributed by atoms with van der Waals surface area (Å²) in [5, 5.41) is 11.6. The summed E-state index contributed by atoms with van der Waals surface area (Å²) >= 11 is 1.14. The number of aromatic nitrogens is 2. The Labute approximate surface area is 188 Å². The van der Waals surface area contributed by atoms with Gasteiger partial charge >= 0.3 is 0 Å². The van der Waals surface area contributed by atoms with Crippen LogP contribution in [0, 0.1) is 5.82 Å². The average molecular weight is 456 g/mol. The topological polar surface area (TPSA) is 93.7 Å². The monoisotopic (exact) mass is 456 g/mol. The Balaban J connectivity index is 1.51. The molecule has 1 aliphatic heterocycles. The van der Waals surface area contributed by atoms with Crippen LogP contribution in [0.4, 0.5) is 10.1 Å². The second-order valence-electron chi connectivity index (χ2n) is 7.16. The summed E-state index contributed by atoms with van der Waals surface area (Å²) in [5.74, 6) is 0.0602. The van der Waals surface area contributed by atoms with Crippen LogP contribution in [-0.4, -0.2) is 47.7 Å². The van der Waals surface area contributed by atoms with E-state index in [1.165, 1.54) is 38.5 Å². The van der Waals surface area contributed by atoms with Gasteiger partial charge < -0.3 is 19.7 Å². The molecule has 4 rings (SSSR count). The summed E-state index contributed by atoms with van der Waals surface area (Å²) in [7, 11) is 3.06. The quantitative estimate of drug-likeness (QED) is 0.604. The number of methoxy groups -OCH3 is 2. The SMILES string of the molecule is COc1cc(OC)cc(C(=O)N2CCC[C@H]2c2nnc(C(=O)Nc3ccc(F)cc3)s2)c1. The number of carbonyl (C=O) groups excluding carboxylic acids is 2. The summed E-state index contributed by atoms with van der Waals surface area (Å²) in [5.41, 5.74) is 0.907. The number of nitrogens with one attached hydrogen (secondary N) is 1. The van der Waals surface area contributed by atoms with E-state index in [0.29, 0.717) is 34.3 Å². The molecule has 0 bridgehead atoms. The Bertz CT molecular complexity index is 1110. The molecule has 3 aromatic rings. The zero-order chi connectivity index (χ0) is 22.7. The van der Waals surface area contributed by atoms with Gasteiger partial charge in [-0.3, -0.25) is 9.59 Å². The molecule has 0 radical (unpaired) electrons. The van der Waals surface area contributed by atoms with Gasteiger partial charge in [-0.05, 0) is 49.2 Å². The minimum atomic E-state index is -0.436. The zero-order valence-electron chi connectivity index (χ0n) is 17.5. The maximum absolute atomic E-state index is 13.2. The van der Waals surface area contributed by atoms with E-state index in [0.717, 1.165) is 24.2 Å². The first kappa shape index (κ1) is 21.7. The summed E-state index contributed by atoms with van der Waals surface area (Å²) in [6, 6.07) is 10.2. The van der Waals surface area contributed by atoms with Crippen molar-refractivity contribution in [3.05, 3.63) is 63.9 Å². The number of halogens is 1. The molecule has 1 saturated heterocycles. The number of anilines is 1. The fourth-order valence-electron chi connectivity index (χ4n) is 3.54. The van der Waals surface area contributed by atoms with Crippen molar-refractivity contribution >= 4 is 28.8 Å². The molecule has 2 amide bonds. The third-order valence-corrected chi connectivity index (χ3v) is 6.16. The van der Waals surface area contributed by atoms with Crippen molar-refractivity contribution in [2.45, 2.75) is 18.9 Å². The van der Waals surface area contributed by atoms with Crippen LogP contribution >= 0.6 is 11.3 Å². The highest BCUT2D eigenvalue weighted by atomic mass is 32.1. The Morgan fingerprint density at radius 2 is 1.78 bits per heavy atom. The molecule has 2 aromatic carbocycles. The first-order valence-electron chi connectivity index (χ1n) is 9.93. The predicted octanol–water partition coefficient (Wildman–Crippen LogP) is 3.92. The fourth-order valence-corrected chi connectivity index (χ4v) is 4.43. The Kier molecular flexibility index (Phi) is 6.31. The average Bonchev–Trinajstić information content (AvgIpc) is 3.49. The molecule has 1 fully saturated rings. The minimum absolute atomic E-state index is 0.169. The van der Waals surface area contributed by atoms with Crippen molar-refractivity contribution in [3.8, 4) is 11.5 Å². The van der Waals surface area contributed by atoms with Gasteiger partial charge in [0.2, 0.25) is 5.01 Å². The number of rotatable bonds is 6. The largest absolute Gasteiger partial charge is 0.497 e. The molecule has 8 nitrogen and oxygen atoms in total. The smallest absolute Gasteiger partial charge is 0.286 e. The third-order valence-electron chi connectivity index (χ3n) is 5.13. The molecule has 0 unspecified atom stereocenters. The number of nitrogens with zero attached hydrogens (tertiary/aromatic N) is 3. The molecule has 32 heavy (non-hydrogen) atoms. The van der Waals surface area contributed by atoms with Gasteiger partial charge in [0.25, 0.3) is 11.8 Å². The molecule has 2 heterocycles.